The molecule has 0 aliphatic heterocycles. The maximum atomic E-state index is 14.6. The highest BCUT2D eigenvalue weighted by atomic mass is 19.4. The molecule has 51 heavy (non-hydrogen) atoms. The molecule has 1 heterocycles. The van der Waals surface area contributed by atoms with Gasteiger partial charge in [0.1, 0.15) is 12.4 Å². The van der Waals surface area contributed by atoms with E-state index < -0.39 is 17.6 Å². The van der Waals surface area contributed by atoms with Crippen molar-refractivity contribution in [3.63, 3.8) is 0 Å². The molecule has 4 aromatic rings. The fourth-order valence-corrected chi connectivity index (χ4v) is 8.60. The predicted octanol–water partition coefficient (Wildman–Crippen LogP) is 9.10. The molecule has 1 aromatic heterocycles. The number of nitrogens with one attached hydrogen (secondary N) is 1. The van der Waals surface area contributed by atoms with Crippen LogP contribution in [0.15, 0.2) is 78.9 Å². The van der Waals surface area contributed by atoms with Crippen LogP contribution < -0.4 is 10.1 Å². The molecule has 268 valence electrons. The van der Waals surface area contributed by atoms with Gasteiger partial charge in [-0.1, -0.05) is 66.2 Å². The zero-order chi connectivity index (χ0) is 36.0. The molecule has 0 bridgehead atoms. The molecule has 3 fully saturated rings. The summed E-state index contributed by atoms with van der Waals surface area (Å²) in [6, 6.07) is 24.9. The van der Waals surface area contributed by atoms with Crippen LogP contribution in [0.2, 0.25) is 0 Å². The Hall–Kier alpha value is -4.24. The number of carbonyl (C=O) groups excluding carboxylic acids is 1. The van der Waals surface area contributed by atoms with Crippen LogP contribution >= 0.6 is 0 Å². The van der Waals surface area contributed by atoms with Gasteiger partial charge in [-0.05, 0) is 107 Å². The first-order chi connectivity index (χ1) is 24.3. The lowest BCUT2D eigenvalue weighted by Crippen LogP contribution is -2.63. The van der Waals surface area contributed by atoms with Gasteiger partial charge in [0.05, 0.1) is 17.2 Å². The predicted molar refractivity (Wildman–Crippen MR) is 192 cm³/mol. The number of ether oxygens (including phenoxy) is 1. The van der Waals surface area contributed by atoms with Crippen molar-refractivity contribution in [2.75, 3.05) is 6.61 Å². The lowest BCUT2D eigenvalue weighted by Gasteiger charge is -2.61. The Bertz CT molecular complexity index is 1860. The van der Waals surface area contributed by atoms with Crippen molar-refractivity contribution in [2.45, 2.75) is 103 Å². The van der Waals surface area contributed by atoms with Gasteiger partial charge in [0.25, 0.3) is 5.91 Å². The molecule has 6 nitrogen and oxygen atoms in total. The molecular weight excluding hydrogens is 649 g/mol. The number of carbonyl (C=O) groups is 1. The van der Waals surface area contributed by atoms with E-state index in [1.807, 2.05) is 75.4 Å². The van der Waals surface area contributed by atoms with E-state index in [4.69, 9.17) is 4.74 Å². The molecule has 3 aliphatic rings. The number of nitrogens with zero attached hydrogens (tertiary/aromatic N) is 3. The smallest absolute Gasteiger partial charge is 0.394 e. The second kappa shape index (κ2) is 13.7. The quantitative estimate of drug-likeness (QED) is 0.160. The number of halogens is 3. The minimum absolute atomic E-state index is 0.0617. The van der Waals surface area contributed by atoms with Gasteiger partial charge < -0.3 is 15.0 Å². The number of hydrogen-bond donors (Lipinski definition) is 1. The van der Waals surface area contributed by atoms with Crippen molar-refractivity contribution in [3.8, 4) is 17.1 Å². The molecule has 3 aliphatic carbocycles. The van der Waals surface area contributed by atoms with Crippen molar-refractivity contribution < 1.29 is 22.7 Å². The van der Waals surface area contributed by atoms with Crippen LogP contribution in [0.5, 0.6) is 5.88 Å². The van der Waals surface area contributed by atoms with Crippen molar-refractivity contribution >= 4 is 5.91 Å². The zero-order valence-corrected chi connectivity index (χ0v) is 29.9. The molecule has 0 saturated heterocycles. The molecule has 0 radical (unpaired) electrons. The van der Waals surface area contributed by atoms with Crippen LogP contribution in [0.3, 0.4) is 0 Å². The van der Waals surface area contributed by atoms with Crippen LogP contribution in [-0.4, -0.2) is 51.7 Å². The monoisotopic (exact) mass is 696 g/mol. The van der Waals surface area contributed by atoms with Crippen molar-refractivity contribution in [2.24, 2.45) is 10.8 Å². The van der Waals surface area contributed by atoms with Crippen molar-refractivity contribution in [1.82, 2.24) is 20.2 Å². The second-order valence-corrected chi connectivity index (χ2v) is 15.5. The Kier molecular flexibility index (Phi) is 9.46. The standard InChI is InChI=1S/C42H47F3N4O2/c1-27-10-8-15-32(18-27)39(50)49(34-22-40(23-34)20-33(21-40)46-25-31-13-6-5-7-14-31)35(24-41(16-17-41)42(43,44)45)26-51-37-19-36(47-30(4)48-37)38-28(2)11-9-12-29(38)3/h5-15,18-19,33-35,46H,16-17,20-26H2,1-4H3/t33?,34?,35-,40?/m1/s1. The number of aromatic nitrogens is 2. The molecule has 7 rings (SSSR count). The topological polar surface area (TPSA) is 67.4 Å². The minimum atomic E-state index is -4.36. The summed E-state index contributed by atoms with van der Waals surface area (Å²) in [6.07, 6.45) is -0.906. The van der Waals surface area contributed by atoms with E-state index in [0.717, 1.165) is 54.5 Å². The van der Waals surface area contributed by atoms with Crippen LogP contribution in [0.4, 0.5) is 13.2 Å². The summed E-state index contributed by atoms with van der Waals surface area (Å²) in [5.74, 6) is 0.560. The fourth-order valence-electron chi connectivity index (χ4n) is 8.60. The summed E-state index contributed by atoms with van der Waals surface area (Å²) in [4.78, 5) is 25.5. The highest BCUT2D eigenvalue weighted by Gasteiger charge is 2.65. The highest BCUT2D eigenvalue weighted by Crippen LogP contribution is 2.62. The summed E-state index contributed by atoms with van der Waals surface area (Å²) in [6.45, 7) is 8.45. The lowest BCUT2D eigenvalue weighted by atomic mass is 9.51. The summed E-state index contributed by atoms with van der Waals surface area (Å²) >= 11 is 0. The third-order valence-corrected chi connectivity index (χ3v) is 11.5. The van der Waals surface area contributed by atoms with E-state index in [-0.39, 0.29) is 43.2 Å². The van der Waals surface area contributed by atoms with Crippen LogP contribution in [0, 0.1) is 38.5 Å². The van der Waals surface area contributed by atoms with Gasteiger partial charge in [0.15, 0.2) is 0 Å². The highest BCUT2D eigenvalue weighted by molar-refractivity contribution is 5.95. The first kappa shape index (κ1) is 35.2. The molecule has 3 saturated carbocycles. The second-order valence-electron chi connectivity index (χ2n) is 15.5. The average Bonchev–Trinajstić information content (AvgIpc) is 3.84. The van der Waals surface area contributed by atoms with E-state index in [1.165, 1.54) is 5.56 Å². The summed E-state index contributed by atoms with van der Waals surface area (Å²) in [5, 5.41) is 3.66. The SMILES string of the molecule is Cc1cccc(C(=O)N(C2CC3(CC(NCc4ccccc4)C3)C2)[C@@H](COc2cc(-c3c(C)cccc3C)nc(C)n2)CC2(C(F)(F)F)CC2)c1. The summed E-state index contributed by atoms with van der Waals surface area (Å²) in [5.41, 5.74) is 4.72. The van der Waals surface area contributed by atoms with Gasteiger partial charge in [-0.25, -0.2) is 4.98 Å². The first-order valence-corrected chi connectivity index (χ1v) is 18.1. The molecular formula is C42H47F3N4O2. The van der Waals surface area contributed by atoms with E-state index in [1.54, 1.807) is 24.0 Å². The molecule has 3 aromatic carbocycles. The van der Waals surface area contributed by atoms with E-state index in [2.05, 4.69) is 27.4 Å². The Balaban J connectivity index is 1.15. The minimum Gasteiger partial charge on any atom is -0.475 e. The normalized spacial score (nSPS) is 22.5. The van der Waals surface area contributed by atoms with Gasteiger partial charge in [-0.3, -0.25) is 4.79 Å². The molecule has 1 atom stereocenters. The number of hydrogen-bond acceptors (Lipinski definition) is 5. The van der Waals surface area contributed by atoms with Crippen LogP contribution in [-0.2, 0) is 6.54 Å². The molecule has 0 unspecified atom stereocenters. The largest absolute Gasteiger partial charge is 0.475 e. The van der Waals surface area contributed by atoms with Gasteiger partial charge in [0.2, 0.25) is 5.88 Å². The Morgan fingerprint density at radius 1 is 0.902 bits per heavy atom. The third kappa shape index (κ3) is 7.41. The van der Waals surface area contributed by atoms with Gasteiger partial charge in [0, 0.05) is 35.8 Å². The van der Waals surface area contributed by atoms with Gasteiger partial charge in [-0.2, -0.15) is 18.2 Å². The number of benzene rings is 3. The first-order valence-electron chi connectivity index (χ1n) is 18.1. The third-order valence-electron chi connectivity index (χ3n) is 11.5. The van der Waals surface area contributed by atoms with E-state index in [0.29, 0.717) is 29.0 Å². The number of amides is 1. The maximum absolute atomic E-state index is 14.6. The molecule has 1 amide bonds. The molecule has 1 spiro atoms. The summed E-state index contributed by atoms with van der Waals surface area (Å²) < 4.78 is 50.1. The maximum Gasteiger partial charge on any atom is 0.394 e. The lowest BCUT2D eigenvalue weighted by molar-refractivity contribution is -0.194. The Morgan fingerprint density at radius 3 is 2.24 bits per heavy atom. The van der Waals surface area contributed by atoms with Crippen LogP contribution in [0.25, 0.3) is 11.3 Å². The van der Waals surface area contributed by atoms with Crippen molar-refractivity contribution in [3.05, 3.63) is 113 Å². The number of alkyl halides is 3. The zero-order valence-electron chi connectivity index (χ0n) is 29.9. The van der Waals surface area contributed by atoms with Crippen molar-refractivity contribution in [1.29, 1.82) is 0 Å². The van der Waals surface area contributed by atoms with Gasteiger partial charge in [-0.15, -0.1) is 0 Å². The molecule has 9 heteroatoms. The Morgan fingerprint density at radius 2 is 1.59 bits per heavy atom. The van der Waals surface area contributed by atoms with E-state index in [9.17, 15) is 18.0 Å². The Labute approximate surface area is 298 Å². The fraction of sp³-hybridized carbons (Fsp3) is 0.452. The average molecular weight is 697 g/mol. The van der Waals surface area contributed by atoms with E-state index >= 15 is 0 Å². The molecule has 1 N–H and O–H groups in total. The summed E-state index contributed by atoms with van der Waals surface area (Å²) in [7, 11) is 0. The van der Waals surface area contributed by atoms with Crippen LogP contribution in [0.1, 0.15) is 83.4 Å². The number of rotatable bonds is 12. The number of aryl methyl sites for hydroxylation is 4. The van der Waals surface area contributed by atoms with Gasteiger partial charge >= 0.3 is 6.18 Å².